The number of carbonyl (C=O) groups excluding carboxylic acids is 1. The smallest absolute Gasteiger partial charge is 0.251 e. The highest BCUT2D eigenvalue weighted by molar-refractivity contribution is 5.76. The highest BCUT2D eigenvalue weighted by Crippen LogP contribution is 2.20. The van der Waals surface area contributed by atoms with Crippen molar-refractivity contribution >= 4 is 5.91 Å². The molecular weight excluding hydrogens is 310 g/mol. The van der Waals surface area contributed by atoms with Gasteiger partial charge in [-0.2, -0.15) is 0 Å². The minimum atomic E-state index is -0.378. The van der Waals surface area contributed by atoms with E-state index in [0.717, 1.165) is 12.2 Å². The maximum absolute atomic E-state index is 12.6. The zero-order valence-electron chi connectivity index (χ0n) is 13.9. The first-order valence-corrected chi connectivity index (χ1v) is 8.04. The largest absolute Gasteiger partial charge is 0.368 e. The number of amides is 1. The number of nitrogens with zero attached hydrogens (tertiary/aromatic N) is 4. The lowest BCUT2D eigenvalue weighted by atomic mass is 10.2. The number of imidazole rings is 1. The average molecular weight is 331 g/mol. The van der Waals surface area contributed by atoms with Crippen molar-refractivity contribution in [2.75, 3.05) is 19.7 Å². The molecule has 1 amide bonds. The third-order valence-electron chi connectivity index (χ3n) is 4.05. The third kappa shape index (κ3) is 3.53. The summed E-state index contributed by atoms with van der Waals surface area (Å²) in [6.07, 6.45) is 3.92. The van der Waals surface area contributed by atoms with E-state index in [1.165, 1.54) is 6.07 Å². The van der Waals surface area contributed by atoms with Gasteiger partial charge in [0.2, 0.25) is 5.91 Å². The Morgan fingerprint density at radius 2 is 2.33 bits per heavy atom. The third-order valence-corrected chi connectivity index (χ3v) is 4.05. The lowest BCUT2D eigenvalue weighted by molar-refractivity contribution is -0.139. The maximum atomic E-state index is 12.6. The summed E-state index contributed by atoms with van der Waals surface area (Å²) in [4.78, 5) is 37.1. The Labute approximate surface area is 139 Å². The van der Waals surface area contributed by atoms with Crippen LogP contribution in [0.3, 0.4) is 0 Å². The van der Waals surface area contributed by atoms with Gasteiger partial charge >= 0.3 is 0 Å². The number of hydrogen-bond acceptors (Lipinski definition) is 5. The molecule has 3 rings (SSSR count). The van der Waals surface area contributed by atoms with E-state index in [0.29, 0.717) is 31.2 Å². The van der Waals surface area contributed by atoms with Gasteiger partial charge in [0.15, 0.2) is 0 Å². The molecule has 8 heteroatoms. The zero-order valence-corrected chi connectivity index (χ0v) is 13.9. The van der Waals surface area contributed by atoms with Crippen molar-refractivity contribution in [3.8, 4) is 0 Å². The fourth-order valence-electron chi connectivity index (χ4n) is 2.87. The van der Waals surface area contributed by atoms with Crippen LogP contribution in [0.1, 0.15) is 30.4 Å². The van der Waals surface area contributed by atoms with Crippen LogP contribution in [0.15, 0.2) is 23.3 Å². The lowest BCUT2D eigenvalue weighted by Crippen LogP contribution is -2.44. The van der Waals surface area contributed by atoms with Gasteiger partial charge in [0, 0.05) is 31.4 Å². The number of H-pyrrole nitrogens is 1. The summed E-state index contributed by atoms with van der Waals surface area (Å²) in [5.41, 5.74) is 0.348. The second-order valence-electron chi connectivity index (χ2n) is 5.78. The van der Waals surface area contributed by atoms with Crippen LogP contribution in [0.2, 0.25) is 0 Å². The molecule has 0 saturated carbocycles. The first-order chi connectivity index (χ1) is 11.6. The number of aromatic nitrogens is 4. The molecule has 1 aliphatic heterocycles. The summed E-state index contributed by atoms with van der Waals surface area (Å²) < 4.78 is 7.57. The Morgan fingerprint density at radius 3 is 3.08 bits per heavy atom. The van der Waals surface area contributed by atoms with Crippen molar-refractivity contribution in [3.05, 3.63) is 46.2 Å². The SMILES string of the molecule is CCc1nccn1CC(=O)N1CCO[C@@H](c2cc(=O)[nH]c(C)n2)C1. The average Bonchev–Trinajstić information content (AvgIpc) is 3.01. The number of aromatic amines is 1. The van der Waals surface area contributed by atoms with Gasteiger partial charge in [-0.15, -0.1) is 0 Å². The topological polar surface area (TPSA) is 93.1 Å². The predicted octanol–water partition coefficient (Wildman–Crippen LogP) is 0.437. The summed E-state index contributed by atoms with van der Waals surface area (Å²) in [5.74, 6) is 1.44. The van der Waals surface area contributed by atoms with Gasteiger partial charge in [0.25, 0.3) is 5.56 Å². The van der Waals surface area contributed by atoms with Gasteiger partial charge < -0.3 is 19.2 Å². The fraction of sp³-hybridized carbons (Fsp3) is 0.500. The molecule has 0 bridgehead atoms. The summed E-state index contributed by atoms with van der Waals surface area (Å²) in [6, 6.07) is 1.43. The molecule has 2 aromatic heterocycles. The van der Waals surface area contributed by atoms with Gasteiger partial charge in [0.05, 0.1) is 18.8 Å². The van der Waals surface area contributed by atoms with Gasteiger partial charge in [-0.3, -0.25) is 9.59 Å². The number of aryl methyl sites for hydroxylation is 2. The molecule has 0 spiro atoms. The number of nitrogens with one attached hydrogen (secondary N) is 1. The zero-order chi connectivity index (χ0) is 17.1. The van der Waals surface area contributed by atoms with Gasteiger partial charge in [-0.05, 0) is 6.92 Å². The molecule has 1 fully saturated rings. The molecule has 0 radical (unpaired) electrons. The maximum Gasteiger partial charge on any atom is 0.251 e. The standard InChI is InChI=1S/C16H21N5O3/c1-3-14-17-4-5-20(14)10-16(23)21-6-7-24-13(9-21)12-8-15(22)19-11(2)18-12/h4-5,8,13H,3,6-7,9-10H2,1-2H3,(H,18,19,22)/t13-/m1/s1. The van der Waals surface area contributed by atoms with Crippen LogP contribution >= 0.6 is 0 Å². The van der Waals surface area contributed by atoms with E-state index in [9.17, 15) is 9.59 Å². The molecule has 3 heterocycles. The van der Waals surface area contributed by atoms with E-state index in [-0.39, 0.29) is 24.1 Å². The molecule has 8 nitrogen and oxygen atoms in total. The number of carbonyl (C=O) groups is 1. The highest BCUT2D eigenvalue weighted by atomic mass is 16.5. The van der Waals surface area contributed by atoms with Crippen LogP contribution in [-0.2, 0) is 22.5 Å². The second kappa shape index (κ2) is 6.96. The molecule has 1 N–H and O–H groups in total. The minimum absolute atomic E-state index is 0.0116. The van der Waals surface area contributed by atoms with Crippen LogP contribution in [0.4, 0.5) is 0 Å². The fourth-order valence-corrected chi connectivity index (χ4v) is 2.87. The van der Waals surface area contributed by atoms with Gasteiger partial charge in [0.1, 0.15) is 24.3 Å². The molecule has 0 unspecified atom stereocenters. The first-order valence-electron chi connectivity index (χ1n) is 8.04. The van der Waals surface area contributed by atoms with Crippen LogP contribution in [0, 0.1) is 6.92 Å². The Bertz CT molecular complexity index is 782. The van der Waals surface area contributed by atoms with E-state index >= 15 is 0 Å². The molecule has 0 aliphatic carbocycles. The van der Waals surface area contributed by atoms with E-state index in [1.54, 1.807) is 18.0 Å². The van der Waals surface area contributed by atoms with Crippen molar-refractivity contribution in [2.45, 2.75) is 32.9 Å². The molecule has 128 valence electrons. The summed E-state index contributed by atoms with van der Waals surface area (Å²) in [6.45, 7) is 5.35. The van der Waals surface area contributed by atoms with Crippen LogP contribution in [0.25, 0.3) is 0 Å². The molecule has 1 aliphatic rings. The first kappa shape index (κ1) is 16.4. The summed E-state index contributed by atoms with van der Waals surface area (Å²) in [5, 5.41) is 0. The quantitative estimate of drug-likeness (QED) is 0.877. The van der Waals surface area contributed by atoms with E-state index in [2.05, 4.69) is 15.0 Å². The Balaban J connectivity index is 1.71. The number of morpholine rings is 1. The van der Waals surface area contributed by atoms with E-state index < -0.39 is 0 Å². The molecular formula is C16H21N5O3. The van der Waals surface area contributed by atoms with Crippen molar-refractivity contribution in [3.63, 3.8) is 0 Å². The summed E-state index contributed by atoms with van der Waals surface area (Å²) in [7, 11) is 0. The highest BCUT2D eigenvalue weighted by Gasteiger charge is 2.27. The van der Waals surface area contributed by atoms with Gasteiger partial charge in [-0.25, -0.2) is 9.97 Å². The van der Waals surface area contributed by atoms with Crippen molar-refractivity contribution in [1.29, 1.82) is 0 Å². The number of hydrogen-bond donors (Lipinski definition) is 1. The van der Waals surface area contributed by atoms with Crippen LogP contribution < -0.4 is 5.56 Å². The monoisotopic (exact) mass is 331 g/mol. The predicted molar refractivity (Wildman–Crippen MR) is 86.5 cm³/mol. The van der Waals surface area contributed by atoms with Crippen molar-refractivity contribution < 1.29 is 9.53 Å². The lowest BCUT2D eigenvalue weighted by Gasteiger charge is -2.32. The second-order valence-corrected chi connectivity index (χ2v) is 5.78. The molecule has 1 atom stereocenters. The van der Waals surface area contributed by atoms with E-state index in [4.69, 9.17) is 4.74 Å². The number of rotatable bonds is 4. The minimum Gasteiger partial charge on any atom is -0.368 e. The molecule has 0 aromatic carbocycles. The summed E-state index contributed by atoms with van der Waals surface area (Å²) >= 11 is 0. The Morgan fingerprint density at radius 1 is 1.50 bits per heavy atom. The van der Waals surface area contributed by atoms with Crippen molar-refractivity contribution in [1.82, 2.24) is 24.4 Å². The number of ether oxygens (including phenoxy) is 1. The van der Waals surface area contributed by atoms with Crippen molar-refractivity contribution in [2.24, 2.45) is 0 Å². The normalized spacial score (nSPS) is 17.9. The van der Waals surface area contributed by atoms with Gasteiger partial charge in [-0.1, -0.05) is 6.92 Å². The Kier molecular flexibility index (Phi) is 4.75. The molecule has 24 heavy (non-hydrogen) atoms. The molecule has 2 aromatic rings. The Hall–Kier alpha value is -2.48. The molecule has 1 saturated heterocycles. The van der Waals surface area contributed by atoms with E-state index in [1.807, 2.05) is 17.7 Å². The van der Waals surface area contributed by atoms with Crippen LogP contribution in [-0.4, -0.2) is 50.0 Å². The van der Waals surface area contributed by atoms with Crippen LogP contribution in [0.5, 0.6) is 0 Å².